The lowest BCUT2D eigenvalue weighted by atomic mass is 9.92. The number of nitrogens with two attached hydrogens (primary N) is 1. The fourth-order valence-corrected chi connectivity index (χ4v) is 2.46. The molecular formula is C13H21ClN2O2. The maximum absolute atomic E-state index is 12.3. The van der Waals surface area contributed by atoms with Crippen molar-refractivity contribution in [2.24, 2.45) is 11.7 Å². The van der Waals surface area contributed by atoms with Crippen LogP contribution in [-0.2, 0) is 0 Å². The average Bonchev–Trinajstić information content (AvgIpc) is 2.74. The first-order chi connectivity index (χ1) is 8.13. The molecule has 1 aliphatic heterocycles. The van der Waals surface area contributed by atoms with E-state index >= 15 is 0 Å². The Balaban J connectivity index is 0.00000162. The molecule has 0 radical (unpaired) electrons. The molecule has 2 rings (SSSR count). The second-order valence-electron chi connectivity index (χ2n) is 4.95. The molecule has 2 unspecified atom stereocenters. The monoisotopic (exact) mass is 272 g/mol. The SMILES string of the molecule is Cc1ccoc1C(=O)N1CCC(C)CC1CN.Cl. The number of hydrogen-bond donors (Lipinski definition) is 1. The lowest BCUT2D eigenvalue weighted by Gasteiger charge is -2.37. The van der Waals surface area contributed by atoms with Gasteiger partial charge < -0.3 is 15.1 Å². The van der Waals surface area contributed by atoms with E-state index in [1.54, 1.807) is 6.26 Å². The summed E-state index contributed by atoms with van der Waals surface area (Å²) < 4.78 is 5.27. The van der Waals surface area contributed by atoms with Gasteiger partial charge in [-0.25, -0.2) is 0 Å². The van der Waals surface area contributed by atoms with Crippen molar-refractivity contribution in [2.75, 3.05) is 13.1 Å². The molecule has 1 aromatic rings. The molecular weight excluding hydrogens is 252 g/mol. The maximum atomic E-state index is 12.3. The Bertz CT molecular complexity index is 405. The minimum absolute atomic E-state index is 0. The van der Waals surface area contributed by atoms with Gasteiger partial charge in [-0.3, -0.25) is 4.79 Å². The van der Waals surface area contributed by atoms with Gasteiger partial charge in [-0.05, 0) is 31.7 Å². The van der Waals surface area contributed by atoms with Crippen LogP contribution in [0.2, 0.25) is 0 Å². The van der Waals surface area contributed by atoms with E-state index in [1.165, 1.54) is 0 Å². The number of likely N-dealkylation sites (tertiary alicyclic amines) is 1. The van der Waals surface area contributed by atoms with E-state index < -0.39 is 0 Å². The maximum Gasteiger partial charge on any atom is 0.290 e. The first kappa shape index (κ1) is 15.1. The van der Waals surface area contributed by atoms with Crippen molar-refractivity contribution < 1.29 is 9.21 Å². The molecule has 1 fully saturated rings. The molecule has 0 spiro atoms. The summed E-state index contributed by atoms with van der Waals surface area (Å²) in [6.07, 6.45) is 3.59. The minimum Gasteiger partial charge on any atom is -0.459 e. The number of amides is 1. The molecule has 1 aromatic heterocycles. The quantitative estimate of drug-likeness (QED) is 0.898. The van der Waals surface area contributed by atoms with Gasteiger partial charge in [0.15, 0.2) is 5.76 Å². The minimum atomic E-state index is -0.0187. The van der Waals surface area contributed by atoms with Gasteiger partial charge in [0.25, 0.3) is 5.91 Å². The van der Waals surface area contributed by atoms with Gasteiger partial charge in [0.05, 0.1) is 6.26 Å². The van der Waals surface area contributed by atoms with Crippen molar-refractivity contribution in [3.8, 4) is 0 Å². The van der Waals surface area contributed by atoms with E-state index in [0.717, 1.165) is 24.9 Å². The Kier molecular flexibility index (Phi) is 5.23. The Labute approximate surface area is 114 Å². The molecule has 2 N–H and O–H groups in total. The van der Waals surface area contributed by atoms with Gasteiger partial charge in [-0.15, -0.1) is 12.4 Å². The van der Waals surface area contributed by atoms with E-state index in [0.29, 0.717) is 18.2 Å². The van der Waals surface area contributed by atoms with Crippen LogP contribution in [0.5, 0.6) is 0 Å². The molecule has 0 bridgehead atoms. The van der Waals surface area contributed by atoms with Gasteiger partial charge in [0.2, 0.25) is 0 Å². The first-order valence-corrected chi connectivity index (χ1v) is 6.18. The zero-order valence-electron chi connectivity index (χ0n) is 10.9. The molecule has 5 heteroatoms. The fraction of sp³-hybridized carbons (Fsp3) is 0.615. The normalized spacial score (nSPS) is 23.6. The number of nitrogens with zero attached hydrogens (tertiary/aromatic N) is 1. The number of rotatable bonds is 2. The van der Waals surface area contributed by atoms with Crippen molar-refractivity contribution in [3.63, 3.8) is 0 Å². The Morgan fingerprint density at radius 1 is 1.61 bits per heavy atom. The van der Waals surface area contributed by atoms with Crippen LogP contribution in [0.3, 0.4) is 0 Å². The summed E-state index contributed by atoms with van der Waals surface area (Å²) in [5, 5.41) is 0. The summed E-state index contributed by atoms with van der Waals surface area (Å²) in [7, 11) is 0. The topological polar surface area (TPSA) is 59.5 Å². The fourth-order valence-electron chi connectivity index (χ4n) is 2.46. The van der Waals surface area contributed by atoms with E-state index in [-0.39, 0.29) is 24.4 Å². The second kappa shape index (κ2) is 6.25. The van der Waals surface area contributed by atoms with Crippen LogP contribution in [0.25, 0.3) is 0 Å². The van der Waals surface area contributed by atoms with Crippen LogP contribution >= 0.6 is 12.4 Å². The van der Waals surface area contributed by atoms with Crippen LogP contribution in [0.4, 0.5) is 0 Å². The summed E-state index contributed by atoms with van der Waals surface area (Å²) in [5.74, 6) is 1.08. The predicted octanol–water partition coefficient (Wildman–Crippen LogP) is 2.21. The first-order valence-electron chi connectivity index (χ1n) is 6.18. The van der Waals surface area contributed by atoms with Crippen LogP contribution in [0.15, 0.2) is 16.7 Å². The summed E-state index contributed by atoms with van der Waals surface area (Å²) in [5.41, 5.74) is 6.65. The number of aryl methyl sites for hydroxylation is 1. The lowest BCUT2D eigenvalue weighted by molar-refractivity contribution is 0.0540. The van der Waals surface area contributed by atoms with Crippen molar-refractivity contribution in [1.82, 2.24) is 4.90 Å². The van der Waals surface area contributed by atoms with Crippen LogP contribution in [-0.4, -0.2) is 29.9 Å². The summed E-state index contributed by atoms with van der Waals surface area (Å²) >= 11 is 0. The molecule has 0 saturated carbocycles. The third kappa shape index (κ3) is 2.87. The summed E-state index contributed by atoms with van der Waals surface area (Å²) in [6.45, 7) is 5.40. The van der Waals surface area contributed by atoms with Crippen molar-refractivity contribution in [2.45, 2.75) is 32.7 Å². The smallest absolute Gasteiger partial charge is 0.290 e. The second-order valence-corrected chi connectivity index (χ2v) is 4.95. The number of carbonyl (C=O) groups is 1. The molecule has 2 heterocycles. The number of furan rings is 1. The highest BCUT2D eigenvalue weighted by atomic mass is 35.5. The Morgan fingerprint density at radius 3 is 2.89 bits per heavy atom. The van der Waals surface area contributed by atoms with Gasteiger partial charge in [0.1, 0.15) is 0 Å². The number of carbonyl (C=O) groups excluding carboxylic acids is 1. The number of hydrogen-bond acceptors (Lipinski definition) is 3. The number of halogens is 1. The molecule has 2 atom stereocenters. The highest BCUT2D eigenvalue weighted by Gasteiger charge is 2.31. The molecule has 1 amide bonds. The average molecular weight is 273 g/mol. The molecule has 102 valence electrons. The molecule has 18 heavy (non-hydrogen) atoms. The standard InChI is InChI=1S/C13H20N2O2.ClH/c1-9-3-5-15(11(7-9)8-14)13(16)12-10(2)4-6-17-12;/h4,6,9,11H,3,5,7-8,14H2,1-2H3;1H. The molecule has 0 aliphatic carbocycles. The summed E-state index contributed by atoms with van der Waals surface area (Å²) in [4.78, 5) is 14.2. The van der Waals surface area contributed by atoms with Crippen molar-refractivity contribution in [3.05, 3.63) is 23.7 Å². The van der Waals surface area contributed by atoms with E-state index in [2.05, 4.69) is 6.92 Å². The van der Waals surface area contributed by atoms with Crippen LogP contribution in [0.1, 0.15) is 35.9 Å². The predicted molar refractivity (Wildman–Crippen MR) is 73.0 cm³/mol. The third-order valence-electron chi connectivity index (χ3n) is 3.57. The molecule has 0 aromatic carbocycles. The van der Waals surface area contributed by atoms with Crippen LogP contribution < -0.4 is 5.73 Å². The lowest BCUT2D eigenvalue weighted by Crippen LogP contribution is -2.49. The van der Waals surface area contributed by atoms with Crippen LogP contribution in [0, 0.1) is 12.8 Å². The van der Waals surface area contributed by atoms with Crippen molar-refractivity contribution >= 4 is 18.3 Å². The molecule has 4 nitrogen and oxygen atoms in total. The highest BCUT2D eigenvalue weighted by molar-refractivity contribution is 5.93. The van der Waals surface area contributed by atoms with Gasteiger partial charge in [-0.2, -0.15) is 0 Å². The molecule has 1 saturated heterocycles. The third-order valence-corrected chi connectivity index (χ3v) is 3.57. The van der Waals surface area contributed by atoms with E-state index in [9.17, 15) is 4.79 Å². The van der Waals surface area contributed by atoms with E-state index in [1.807, 2.05) is 17.9 Å². The largest absolute Gasteiger partial charge is 0.459 e. The Hall–Kier alpha value is -1.00. The number of piperidine rings is 1. The zero-order chi connectivity index (χ0) is 12.4. The van der Waals surface area contributed by atoms with Gasteiger partial charge in [0, 0.05) is 24.7 Å². The van der Waals surface area contributed by atoms with Crippen molar-refractivity contribution in [1.29, 1.82) is 0 Å². The van der Waals surface area contributed by atoms with Gasteiger partial charge in [-0.1, -0.05) is 6.92 Å². The molecule has 1 aliphatic rings. The zero-order valence-corrected chi connectivity index (χ0v) is 11.7. The highest BCUT2D eigenvalue weighted by Crippen LogP contribution is 2.24. The Morgan fingerprint density at radius 2 is 2.33 bits per heavy atom. The van der Waals surface area contributed by atoms with Gasteiger partial charge >= 0.3 is 0 Å². The van der Waals surface area contributed by atoms with E-state index in [4.69, 9.17) is 10.2 Å². The summed E-state index contributed by atoms with van der Waals surface area (Å²) in [6, 6.07) is 1.97.